The predicted octanol–water partition coefficient (Wildman–Crippen LogP) is 3.55. The Bertz CT molecular complexity index is 708. The summed E-state index contributed by atoms with van der Waals surface area (Å²) in [6.45, 7) is 9.40. The third-order valence-electron chi connectivity index (χ3n) is 5.58. The van der Waals surface area contributed by atoms with Gasteiger partial charge in [0.05, 0.1) is 19.4 Å². The molecule has 5 heteroatoms. The minimum Gasteiger partial charge on any atom is -0.466 e. The number of methoxy groups -OCH3 is 1. The van der Waals surface area contributed by atoms with Crippen molar-refractivity contribution in [3.05, 3.63) is 34.9 Å². The highest BCUT2D eigenvalue weighted by Gasteiger charge is 2.62. The van der Waals surface area contributed by atoms with Crippen molar-refractivity contribution >= 4 is 17.7 Å². The number of carbonyl (C=O) groups is 3. The highest BCUT2D eigenvalue weighted by atomic mass is 16.5. The summed E-state index contributed by atoms with van der Waals surface area (Å²) < 4.78 is 10.4. The summed E-state index contributed by atoms with van der Waals surface area (Å²) in [5, 5.41) is 0. The van der Waals surface area contributed by atoms with Crippen LogP contribution in [0.3, 0.4) is 0 Å². The fourth-order valence-corrected chi connectivity index (χ4v) is 3.65. The van der Waals surface area contributed by atoms with Gasteiger partial charge in [0.1, 0.15) is 6.10 Å². The van der Waals surface area contributed by atoms with Crippen LogP contribution < -0.4 is 0 Å². The number of hydrogen-bond acceptors (Lipinski definition) is 5. The molecule has 26 heavy (non-hydrogen) atoms. The first-order valence-corrected chi connectivity index (χ1v) is 8.96. The van der Waals surface area contributed by atoms with Gasteiger partial charge in [0, 0.05) is 11.1 Å². The fourth-order valence-electron chi connectivity index (χ4n) is 3.65. The third kappa shape index (κ3) is 3.81. The maximum atomic E-state index is 12.7. The Morgan fingerprint density at radius 1 is 1.31 bits per heavy atom. The van der Waals surface area contributed by atoms with E-state index in [0.717, 1.165) is 11.1 Å². The molecule has 0 N–H and O–H groups in total. The zero-order valence-corrected chi connectivity index (χ0v) is 16.4. The Balaban J connectivity index is 2.08. The monoisotopic (exact) mass is 360 g/mol. The van der Waals surface area contributed by atoms with E-state index in [1.54, 1.807) is 13.0 Å². The van der Waals surface area contributed by atoms with Crippen LogP contribution in [-0.4, -0.2) is 30.9 Å². The van der Waals surface area contributed by atoms with Gasteiger partial charge in [0.25, 0.3) is 0 Å². The Kier molecular flexibility index (Phi) is 5.89. The lowest BCUT2D eigenvalue weighted by Crippen LogP contribution is -2.20. The Morgan fingerprint density at radius 3 is 2.54 bits per heavy atom. The van der Waals surface area contributed by atoms with Crippen LogP contribution in [0.5, 0.6) is 0 Å². The van der Waals surface area contributed by atoms with Gasteiger partial charge in [-0.15, -0.1) is 0 Å². The molecule has 2 rings (SSSR count). The first-order valence-electron chi connectivity index (χ1n) is 8.96. The zero-order chi connectivity index (χ0) is 19.6. The molecule has 0 saturated heterocycles. The number of rotatable bonds is 6. The number of carbonyl (C=O) groups excluding carboxylic acids is 3. The SMILES string of the molecule is CC=CCC1=C(C)[C@@H](OC(=O)[C@@H]2[C@@H](/C=C(\C)C(=O)OC)C2(C)C)CC1=O. The molecule has 0 aliphatic heterocycles. The number of Topliss-reactive ketones (excluding diaryl/α,β-unsaturated/α-hetero) is 1. The summed E-state index contributed by atoms with van der Waals surface area (Å²) in [5.74, 6) is -1.04. The van der Waals surface area contributed by atoms with Gasteiger partial charge in [0.2, 0.25) is 0 Å². The standard InChI is InChI=1S/C21H28O5/c1-7-8-9-14-13(3)17(11-16(14)22)26-20(24)18-15(21(18,4)5)10-12(2)19(23)25-6/h7-8,10,15,17-18H,9,11H2,1-6H3/b8-7?,12-10+/t15-,17+,18+/m1/s1. The van der Waals surface area contributed by atoms with E-state index >= 15 is 0 Å². The van der Waals surface area contributed by atoms with Crippen LogP contribution >= 0.6 is 0 Å². The Labute approximate surface area is 155 Å². The summed E-state index contributed by atoms with van der Waals surface area (Å²) in [4.78, 5) is 36.4. The molecule has 2 aliphatic rings. The van der Waals surface area contributed by atoms with Crippen LogP contribution in [-0.2, 0) is 23.9 Å². The van der Waals surface area contributed by atoms with Gasteiger partial charge in [-0.2, -0.15) is 0 Å². The first kappa shape index (κ1) is 20.1. The minimum absolute atomic E-state index is 0.0476. The average Bonchev–Trinajstić information content (AvgIpc) is 3.01. The van der Waals surface area contributed by atoms with E-state index in [0.29, 0.717) is 12.0 Å². The fraction of sp³-hybridized carbons (Fsp3) is 0.571. The lowest BCUT2D eigenvalue weighted by molar-refractivity contribution is -0.150. The van der Waals surface area contributed by atoms with Crippen LogP contribution in [0.1, 0.15) is 47.5 Å². The topological polar surface area (TPSA) is 69.7 Å². The van der Waals surface area contributed by atoms with Crippen molar-refractivity contribution in [2.75, 3.05) is 7.11 Å². The second-order valence-corrected chi connectivity index (χ2v) is 7.65. The molecule has 0 spiro atoms. The van der Waals surface area contributed by atoms with E-state index in [1.165, 1.54) is 7.11 Å². The predicted molar refractivity (Wildman–Crippen MR) is 98.2 cm³/mol. The quantitative estimate of drug-likeness (QED) is 0.412. The van der Waals surface area contributed by atoms with Gasteiger partial charge >= 0.3 is 11.9 Å². The van der Waals surface area contributed by atoms with Crippen LogP contribution in [0.2, 0.25) is 0 Å². The van der Waals surface area contributed by atoms with Crippen molar-refractivity contribution in [3.63, 3.8) is 0 Å². The summed E-state index contributed by atoms with van der Waals surface area (Å²) >= 11 is 0. The molecular formula is C21H28O5. The smallest absolute Gasteiger partial charge is 0.333 e. The summed E-state index contributed by atoms with van der Waals surface area (Å²) in [6, 6.07) is 0. The summed E-state index contributed by atoms with van der Waals surface area (Å²) in [5.41, 5.74) is 1.80. The molecule has 2 aliphatic carbocycles. The summed E-state index contributed by atoms with van der Waals surface area (Å²) in [7, 11) is 1.33. The van der Waals surface area contributed by atoms with E-state index in [-0.39, 0.29) is 35.4 Å². The second kappa shape index (κ2) is 7.60. The van der Waals surface area contributed by atoms with E-state index in [9.17, 15) is 14.4 Å². The molecule has 1 saturated carbocycles. The molecule has 1 fully saturated rings. The van der Waals surface area contributed by atoms with Gasteiger partial charge in [-0.3, -0.25) is 9.59 Å². The molecule has 0 unspecified atom stereocenters. The van der Waals surface area contributed by atoms with Gasteiger partial charge in [-0.25, -0.2) is 4.79 Å². The summed E-state index contributed by atoms with van der Waals surface area (Å²) in [6.07, 6.45) is 5.95. The maximum Gasteiger partial charge on any atom is 0.333 e. The van der Waals surface area contributed by atoms with Gasteiger partial charge in [0.15, 0.2) is 5.78 Å². The minimum atomic E-state index is -0.474. The van der Waals surface area contributed by atoms with Crippen LogP contribution in [0, 0.1) is 17.3 Å². The number of esters is 2. The Morgan fingerprint density at radius 2 is 1.96 bits per heavy atom. The molecule has 0 aromatic carbocycles. The van der Waals surface area contributed by atoms with Crippen molar-refractivity contribution in [2.24, 2.45) is 17.3 Å². The van der Waals surface area contributed by atoms with E-state index < -0.39 is 12.1 Å². The lowest BCUT2D eigenvalue weighted by atomic mass is 10.1. The molecule has 142 valence electrons. The molecule has 0 radical (unpaired) electrons. The van der Waals surface area contributed by atoms with Crippen LogP contribution in [0.4, 0.5) is 0 Å². The molecule has 3 atom stereocenters. The number of ether oxygens (including phenoxy) is 2. The van der Waals surface area contributed by atoms with Crippen molar-refractivity contribution in [2.45, 2.75) is 53.6 Å². The van der Waals surface area contributed by atoms with Crippen molar-refractivity contribution in [3.8, 4) is 0 Å². The molecule has 0 heterocycles. The van der Waals surface area contributed by atoms with Gasteiger partial charge < -0.3 is 9.47 Å². The molecule has 0 bridgehead atoms. The maximum absolute atomic E-state index is 12.7. The first-order chi connectivity index (χ1) is 12.1. The lowest BCUT2D eigenvalue weighted by Gasteiger charge is -2.13. The number of hydrogen-bond donors (Lipinski definition) is 0. The largest absolute Gasteiger partial charge is 0.466 e. The van der Waals surface area contributed by atoms with E-state index in [1.807, 2.05) is 39.8 Å². The second-order valence-electron chi connectivity index (χ2n) is 7.65. The molecule has 0 amide bonds. The highest BCUT2D eigenvalue weighted by Crippen LogP contribution is 2.60. The normalized spacial score (nSPS) is 27.8. The molecule has 0 aromatic rings. The average molecular weight is 360 g/mol. The van der Waals surface area contributed by atoms with Crippen molar-refractivity contribution in [1.29, 1.82) is 0 Å². The number of ketones is 1. The van der Waals surface area contributed by atoms with Crippen molar-refractivity contribution in [1.82, 2.24) is 0 Å². The zero-order valence-electron chi connectivity index (χ0n) is 16.4. The Hall–Kier alpha value is -2.17. The van der Waals surface area contributed by atoms with Crippen molar-refractivity contribution < 1.29 is 23.9 Å². The van der Waals surface area contributed by atoms with E-state index in [2.05, 4.69) is 0 Å². The van der Waals surface area contributed by atoms with Gasteiger partial charge in [-0.1, -0.05) is 32.1 Å². The third-order valence-corrected chi connectivity index (χ3v) is 5.58. The van der Waals surface area contributed by atoms with E-state index in [4.69, 9.17) is 9.47 Å². The molecule has 0 aromatic heterocycles. The number of allylic oxidation sites excluding steroid dienone is 4. The highest BCUT2D eigenvalue weighted by molar-refractivity contribution is 6.00. The van der Waals surface area contributed by atoms with Gasteiger partial charge in [-0.05, 0) is 44.1 Å². The van der Waals surface area contributed by atoms with Crippen LogP contribution in [0.15, 0.2) is 34.9 Å². The molecule has 5 nitrogen and oxygen atoms in total. The molecular weight excluding hydrogens is 332 g/mol. The van der Waals surface area contributed by atoms with Crippen LogP contribution in [0.25, 0.3) is 0 Å².